The second-order valence-electron chi connectivity index (χ2n) is 10.4. The summed E-state index contributed by atoms with van der Waals surface area (Å²) in [5.74, 6) is -0.185. The third-order valence-electron chi connectivity index (χ3n) is 6.87. The van der Waals surface area contributed by atoms with E-state index in [1.54, 1.807) is 50.2 Å². The Morgan fingerprint density at radius 2 is 1.89 bits per heavy atom. The van der Waals surface area contributed by atoms with Gasteiger partial charge in [-0.1, -0.05) is 24.3 Å². The Kier molecular flexibility index (Phi) is 7.91. The van der Waals surface area contributed by atoms with Crippen molar-refractivity contribution in [3.05, 3.63) is 53.8 Å². The lowest BCUT2D eigenvalue weighted by molar-refractivity contribution is 0.0737. The lowest BCUT2D eigenvalue weighted by Crippen LogP contribution is -2.41. The first-order chi connectivity index (χ1) is 17.1. The predicted octanol–water partition coefficient (Wildman–Crippen LogP) is 4.43. The van der Waals surface area contributed by atoms with Gasteiger partial charge >= 0.3 is 0 Å². The molecule has 2 aliphatic heterocycles. The van der Waals surface area contributed by atoms with Crippen molar-refractivity contribution in [1.29, 1.82) is 5.26 Å². The van der Waals surface area contributed by atoms with Crippen LogP contribution in [0.3, 0.4) is 0 Å². The number of halogens is 2. The molecular formula is C28H33F2N3O3. The number of carbonyl (C=O) groups excluding carboxylic acids is 1. The molecule has 192 valence electrons. The zero-order chi connectivity index (χ0) is 25.9. The second-order valence-corrected chi connectivity index (χ2v) is 10.4. The van der Waals surface area contributed by atoms with E-state index in [9.17, 15) is 23.9 Å². The maximum atomic E-state index is 14.9. The molecular weight excluding hydrogens is 464 g/mol. The van der Waals surface area contributed by atoms with Crippen LogP contribution in [0.5, 0.6) is 5.75 Å². The molecule has 0 aromatic heterocycles. The summed E-state index contributed by atoms with van der Waals surface area (Å²) in [7, 11) is 0. The molecule has 2 aromatic carbocycles. The van der Waals surface area contributed by atoms with Crippen molar-refractivity contribution < 1.29 is 23.4 Å². The number of likely N-dealkylation sites (tertiary alicyclic amines) is 2. The van der Waals surface area contributed by atoms with E-state index in [-0.39, 0.29) is 18.5 Å². The first-order valence-electron chi connectivity index (χ1n) is 12.5. The molecule has 0 radical (unpaired) electrons. The molecule has 2 aliphatic rings. The van der Waals surface area contributed by atoms with E-state index >= 15 is 0 Å². The second kappa shape index (κ2) is 10.9. The zero-order valence-corrected chi connectivity index (χ0v) is 20.8. The molecule has 0 spiro atoms. The van der Waals surface area contributed by atoms with Gasteiger partial charge in [0, 0.05) is 19.5 Å². The Balaban J connectivity index is 1.41. The molecule has 6 nitrogen and oxygen atoms in total. The Labute approximate surface area is 211 Å². The van der Waals surface area contributed by atoms with Gasteiger partial charge in [0.05, 0.1) is 24.3 Å². The van der Waals surface area contributed by atoms with Crippen molar-refractivity contribution in [1.82, 2.24) is 9.80 Å². The summed E-state index contributed by atoms with van der Waals surface area (Å²) in [5, 5.41) is 19.3. The molecule has 0 bridgehead atoms. The smallest absolute Gasteiger partial charge is 0.258 e. The van der Waals surface area contributed by atoms with Gasteiger partial charge in [0.15, 0.2) is 0 Å². The summed E-state index contributed by atoms with van der Waals surface area (Å²) < 4.78 is 34.7. The van der Waals surface area contributed by atoms with Crippen LogP contribution in [0.4, 0.5) is 8.78 Å². The maximum absolute atomic E-state index is 14.9. The number of ether oxygens (including phenoxy) is 1. The number of nitriles is 1. The average Bonchev–Trinajstić information content (AvgIpc) is 3.23. The molecule has 0 saturated carbocycles. The fraction of sp³-hybridized carbons (Fsp3) is 0.500. The van der Waals surface area contributed by atoms with Gasteiger partial charge in [-0.05, 0) is 75.0 Å². The summed E-state index contributed by atoms with van der Waals surface area (Å²) in [4.78, 5) is 16.6. The van der Waals surface area contributed by atoms with E-state index in [1.165, 1.54) is 11.0 Å². The van der Waals surface area contributed by atoms with Crippen LogP contribution in [-0.2, 0) is 0 Å². The van der Waals surface area contributed by atoms with Crippen molar-refractivity contribution in [2.45, 2.75) is 50.9 Å². The van der Waals surface area contributed by atoms with Crippen LogP contribution in [0.2, 0.25) is 0 Å². The Morgan fingerprint density at radius 1 is 1.19 bits per heavy atom. The number of rotatable bonds is 7. The number of aliphatic hydroxyl groups excluding tert-OH is 1. The van der Waals surface area contributed by atoms with Crippen LogP contribution in [-0.4, -0.2) is 71.4 Å². The summed E-state index contributed by atoms with van der Waals surface area (Å²) in [6.45, 7) is 5.95. The quantitative estimate of drug-likeness (QED) is 0.613. The highest BCUT2D eigenvalue weighted by molar-refractivity contribution is 6.01. The van der Waals surface area contributed by atoms with Gasteiger partial charge in [0.2, 0.25) is 0 Å². The van der Waals surface area contributed by atoms with Crippen LogP contribution in [0, 0.1) is 23.1 Å². The number of alkyl halides is 1. The van der Waals surface area contributed by atoms with Crippen LogP contribution < -0.4 is 4.74 Å². The number of β-amino-alcohol motifs (C(OH)–C–C–N with tert-alkyl or cyclic N) is 1. The van der Waals surface area contributed by atoms with Crippen LogP contribution in [0.15, 0.2) is 42.5 Å². The number of aliphatic hydroxyl groups is 1. The Bertz CT molecular complexity index is 1100. The van der Waals surface area contributed by atoms with E-state index < -0.39 is 29.5 Å². The number of carbonyl (C=O) groups is 1. The minimum absolute atomic E-state index is 0.00206. The van der Waals surface area contributed by atoms with Gasteiger partial charge in [0.1, 0.15) is 23.3 Å². The molecule has 2 aromatic rings. The van der Waals surface area contributed by atoms with Gasteiger partial charge < -0.3 is 19.6 Å². The monoisotopic (exact) mass is 497 g/mol. The summed E-state index contributed by atoms with van der Waals surface area (Å²) in [6, 6.07) is 12.8. The molecule has 36 heavy (non-hydrogen) atoms. The number of nitrogens with zero attached hydrogens (tertiary/aromatic N) is 3. The number of benzene rings is 2. The molecule has 2 saturated heterocycles. The van der Waals surface area contributed by atoms with Crippen LogP contribution in [0.1, 0.15) is 43.5 Å². The van der Waals surface area contributed by atoms with Gasteiger partial charge in [-0.15, -0.1) is 0 Å². The van der Waals surface area contributed by atoms with E-state index in [0.717, 1.165) is 25.9 Å². The van der Waals surface area contributed by atoms with E-state index in [2.05, 4.69) is 4.90 Å². The summed E-state index contributed by atoms with van der Waals surface area (Å²) >= 11 is 0. The standard InChI is InChI=1S/C28H33F2N3O3/c1-28(2,30)18-32-12-10-19(11-13-32)17-36-23-8-6-20(7-9-23)24-4-3-5-25(29)26(24)27(35)33-16-22(34)14-21(33)15-31/h3-9,19,21-22,34H,10-14,16-18H2,1-2H3. The third-order valence-corrected chi connectivity index (χ3v) is 6.87. The Hall–Kier alpha value is -3.02. The normalized spacial score (nSPS) is 21.4. The zero-order valence-electron chi connectivity index (χ0n) is 20.8. The first kappa shape index (κ1) is 26.1. The highest BCUT2D eigenvalue weighted by atomic mass is 19.1. The van der Waals surface area contributed by atoms with Gasteiger partial charge in [-0.25, -0.2) is 8.78 Å². The fourth-order valence-corrected chi connectivity index (χ4v) is 5.07. The third kappa shape index (κ3) is 6.21. The predicted molar refractivity (Wildman–Crippen MR) is 133 cm³/mol. The van der Waals surface area contributed by atoms with Crippen LogP contribution >= 0.6 is 0 Å². The molecule has 2 heterocycles. The SMILES string of the molecule is CC(C)(F)CN1CCC(COc2ccc(-c3cccc(F)c3C(=O)N3CC(O)CC3C#N)cc2)CC1. The highest BCUT2D eigenvalue weighted by Gasteiger charge is 2.36. The van der Waals surface area contributed by atoms with Gasteiger partial charge in [0.25, 0.3) is 5.91 Å². The molecule has 8 heteroatoms. The minimum Gasteiger partial charge on any atom is -0.493 e. The lowest BCUT2D eigenvalue weighted by atomic mass is 9.96. The van der Waals surface area contributed by atoms with Gasteiger partial charge in [-0.3, -0.25) is 4.79 Å². The van der Waals surface area contributed by atoms with Crippen LogP contribution in [0.25, 0.3) is 11.1 Å². The molecule has 2 unspecified atom stereocenters. The maximum Gasteiger partial charge on any atom is 0.258 e. The molecule has 1 amide bonds. The van der Waals surface area contributed by atoms with Crippen molar-refractivity contribution in [2.75, 3.05) is 32.8 Å². The lowest BCUT2D eigenvalue weighted by Gasteiger charge is -2.34. The largest absolute Gasteiger partial charge is 0.493 e. The molecule has 2 fully saturated rings. The van der Waals surface area contributed by atoms with Gasteiger partial charge in [-0.2, -0.15) is 5.26 Å². The van der Waals surface area contributed by atoms with Crippen molar-refractivity contribution >= 4 is 5.91 Å². The Morgan fingerprint density at radius 3 is 2.53 bits per heavy atom. The number of amides is 1. The fourth-order valence-electron chi connectivity index (χ4n) is 5.07. The number of hydrogen-bond acceptors (Lipinski definition) is 5. The minimum atomic E-state index is -1.19. The summed E-state index contributed by atoms with van der Waals surface area (Å²) in [5.41, 5.74) is -0.221. The van der Waals surface area contributed by atoms with E-state index in [1.807, 2.05) is 6.07 Å². The van der Waals surface area contributed by atoms with E-state index in [0.29, 0.717) is 35.9 Å². The molecule has 0 aliphatic carbocycles. The topological polar surface area (TPSA) is 76.8 Å². The average molecular weight is 498 g/mol. The van der Waals surface area contributed by atoms with Crippen molar-refractivity contribution in [2.24, 2.45) is 5.92 Å². The molecule has 4 rings (SSSR count). The van der Waals surface area contributed by atoms with Crippen molar-refractivity contribution in [3.8, 4) is 22.9 Å². The number of hydrogen-bond donors (Lipinski definition) is 1. The molecule has 1 N–H and O–H groups in total. The number of piperidine rings is 1. The highest BCUT2D eigenvalue weighted by Crippen LogP contribution is 2.31. The van der Waals surface area contributed by atoms with E-state index in [4.69, 9.17) is 4.74 Å². The first-order valence-corrected chi connectivity index (χ1v) is 12.5. The summed E-state index contributed by atoms with van der Waals surface area (Å²) in [6.07, 6.45) is 1.27. The van der Waals surface area contributed by atoms with Crippen molar-refractivity contribution in [3.63, 3.8) is 0 Å². The molecule has 2 atom stereocenters.